The second-order valence-corrected chi connectivity index (χ2v) is 7.63. The van der Waals surface area contributed by atoms with Crippen molar-refractivity contribution in [1.82, 2.24) is 4.57 Å². The second-order valence-electron chi connectivity index (χ2n) is 7.63. The zero-order valence-corrected chi connectivity index (χ0v) is 17.3. The maximum Gasteiger partial charge on any atom is 0.255 e. The zero-order chi connectivity index (χ0) is 20.8. The van der Waals surface area contributed by atoms with Crippen molar-refractivity contribution in [2.24, 2.45) is 0 Å². The van der Waals surface area contributed by atoms with Crippen molar-refractivity contribution in [3.05, 3.63) is 74.0 Å². The van der Waals surface area contributed by atoms with Gasteiger partial charge < -0.3 is 24.2 Å². The van der Waals surface area contributed by atoms with E-state index in [1.807, 2.05) is 16.8 Å². The molecule has 0 saturated carbocycles. The number of fused-ring (bicyclic) bond motifs is 6. The fourth-order valence-electron chi connectivity index (χ4n) is 4.49. The lowest BCUT2D eigenvalue weighted by atomic mass is 9.86. The summed E-state index contributed by atoms with van der Waals surface area (Å²) in [5.74, 6) is 1.38. The molecule has 0 radical (unpaired) electrons. The molecule has 0 fully saturated rings. The van der Waals surface area contributed by atoms with Crippen LogP contribution in [0.1, 0.15) is 36.6 Å². The van der Waals surface area contributed by atoms with Gasteiger partial charge in [0.2, 0.25) is 0 Å². The third kappa shape index (κ3) is 2.65. The Bertz CT molecular complexity index is 1150. The zero-order valence-electron chi connectivity index (χ0n) is 17.3. The average molecular weight is 408 g/mol. The first kappa shape index (κ1) is 18.8. The van der Waals surface area contributed by atoms with Crippen molar-refractivity contribution in [1.29, 1.82) is 0 Å². The summed E-state index contributed by atoms with van der Waals surface area (Å²) in [6.45, 7) is 3.10. The average Bonchev–Trinajstić information content (AvgIpc) is 3.14. The molecule has 7 nitrogen and oxygen atoms in total. The van der Waals surface area contributed by atoms with Crippen LogP contribution in [-0.4, -0.2) is 25.4 Å². The summed E-state index contributed by atoms with van der Waals surface area (Å²) in [4.78, 5) is 23.9. The van der Waals surface area contributed by atoms with Gasteiger partial charge in [-0.3, -0.25) is 4.79 Å². The van der Waals surface area contributed by atoms with Crippen LogP contribution in [0.3, 0.4) is 0 Å². The molecule has 5 rings (SSSR count). The van der Waals surface area contributed by atoms with Crippen LogP contribution < -0.4 is 10.9 Å². The van der Waals surface area contributed by atoms with E-state index in [0.29, 0.717) is 31.1 Å². The Morgan fingerprint density at radius 1 is 1.23 bits per heavy atom. The largest absolute Gasteiger partial charge is 0.493 e. The molecule has 30 heavy (non-hydrogen) atoms. The number of anilines is 1. The fourth-order valence-corrected chi connectivity index (χ4v) is 4.49. The van der Waals surface area contributed by atoms with E-state index in [-0.39, 0.29) is 5.56 Å². The van der Waals surface area contributed by atoms with Crippen LogP contribution in [0.25, 0.3) is 11.6 Å². The molecule has 1 aromatic heterocycles. The van der Waals surface area contributed by atoms with E-state index in [1.165, 1.54) is 0 Å². The predicted molar refractivity (Wildman–Crippen MR) is 113 cm³/mol. The van der Waals surface area contributed by atoms with Gasteiger partial charge in [0.1, 0.15) is 12.9 Å². The van der Waals surface area contributed by atoms with Crippen LogP contribution in [0.5, 0.6) is 0 Å². The molecule has 4 aliphatic rings. The van der Waals surface area contributed by atoms with Gasteiger partial charge in [-0.25, -0.2) is 0 Å². The lowest BCUT2D eigenvalue weighted by Crippen LogP contribution is -2.32. The standard InChI is InChI=1S/C23H24N2O5/c1-4-5-6-25-21-18-12-30-29-11-14(18)10-24-20(21)16-7-13-8-19(27-2)22(28-3)15(13)9-17(16)23(25)26/h7-8,10,12,24H,4-6,9,11H2,1-3H3. The number of nitrogens with zero attached hydrogens (tertiary/aromatic N) is 1. The van der Waals surface area contributed by atoms with Crippen molar-refractivity contribution < 1.29 is 19.2 Å². The van der Waals surface area contributed by atoms with Crippen LogP contribution in [0.4, 0.5) is 5.69 Å². The number of ether oxygens (including phenoxy) is 2. The highest BCUT2D eigenvalue weighted by atomic mass is 17.2. The molecule has 2 aliphatic heterocycles. The van der Waals surface area contributed by atoms with Crippen molar-refractivity contribution in [3.8, 4) is 0 Å². The second kappa shape index (κ2) is 7.25. The van der Waals surface area contributed by atoms with Crippen LogP contribution in [0.15, 0.2) is 51.6 Å². The molecule has 0 unspecified atom stereocenters. The van der Waals surface area contributed by atoms with Crippen LogP contribution >= 0.6 is 0 Å². The topological polar surface area (TPSA) is 71.0 Å². The normalized spacial score (nSPS) is 18.5. The minimum atomic E-state index is 0.0248. The lowest BCUT2D eigenvalue weighted by molar-refractivity contribution is -0.244. The Morgan fingerprint density at radius 3 is 2.87 bits per heavy atom. The monoisotopic (exact) mass is 408 g/mol. The number of hydrogen-bond donors (Lipinski definition) is 1. The number of unbranched alkanes of at least 4 members (excludes halogenated alkanes) is 1. The highest BCUT2D eigenvalue weighted by Crippen LogP contribution is 2.44. The quantitative estimate of drug-likeness (QED) is 0.750. The molecule has 0 saturated heterocycles. The van der Waals surface area contributed by atoms with Crippen LogP contribution in [0, 0.1) is 0 Å². The molecule has 0 bridgehead atoms. The summed E-state index contributed by atoms with van der Waals surface area (Å²) in [6, 6.07) is 0. The first-order valence-corrected chi connectivity index (χ1v) is 10.2. The van der Waals surface area contributed by atoms with Crippen molar-refractivity contribution in [2.45, 2.75) is 32.7 Å². The van der Waals surface area contributed by atoms with E-state index in [0.717, 1.165) is 57.6 Å². The minimum Gasteiger partial charge on any atom is -0.493 e. The van der Waals surface area contributed by atoms with E-state index in [4.69, 9.17) is 19.2 Å². The molecule has 1 N–H and O–H groups in total. The molecule has 7 heteroatoms. The van der Waals surface area contributed by atoms with E-state index >= 15 is 0 Å². The number of nitrogens with one attached hydrogen (secondary N) is 1. The Kier molecular flexibility index (Phi) is 4.55. The van der Waals surface area contributed by atoms with Crippen LogP contribution in [-0.2, 0) is 32.2 Å². The maximum absolute atomic E-state index is 13.7. The molecule has 0 atom stereocenters. The number of aromatic nitrogens is 1. The lowest BCUT2D eigenvalue weighted by Gasteiger charge is -2.30. The molecule has 0 aromatic carbocycles. The molecule has 0 amide bonds. The van der Waals surface area contributed by atoms with Crippen molar-refractivity contribution in [2.75, 3.05) is 26.1 Å². The predicted octanol–water partition coefficient (Wildman–Crippen LogP) is 3.64. The van der Waals surface area contributed by atoms with Crippen LogP contribution in [0.2, 0.25) is 0 Å². The minimum absolute atomic E-state index is 0.0248. The number of allylic oxidation sites excluding steroid dienone is 3. The highest BCUT2D eigenvalue weighted by Gasteiger charge is 2.34. The van der Waals surface area contributed by atoms with Gasteiger partial charge >= 0.3 is 0 Å². The SMILES string of the molecule is CCCCn1c2c(c3c(c1=O)CC1=C(OC)C(OC)=CC1=C3)NC=C1COOC=C12. The van der Waals surface area contributed by atoms with Crippen molar-refractivity contribution in [3.63, 3.8) is 0 Å². The molecular weight excluding hydrogens is 384 g/mol. The molecule has 1 aromatic rings. The smallest absolute Gasteiger partial charge is 0.255 e. The third-order valence-corrected chi connectivity index (χ3v) is 5.99. The number of methoxy groups -OCH3 is 2. The third-order valence-electron chi connectivity index (χ3n) is 5.99. The Morgan fingerprint density at radius 2 is 2.10 bits per heavy atom. The number of pyridine rings is 1. The van der Waals surface area contributed by atoms with Gasteiger partial charge in [0, 0.05) is 47.0 Å². The maximum atomic E-state index is 13.7. The van der Waals surface area contributed by atoms with E-state index in [1.54, 1.807) is 20.5 Å². The Hall–Kier alpha value is -3.19. The van der Waals surface area contributed by atoms with Gasteiger partial charge in [-0.05, 0) is 24.1 Å². The summed E-state index contributed by atoms with van der Waals surface area (Å²) in [5.41, 5.74) is 7.34. The van der Waals surface area contributed by atoms with Gasteiger partial charge in [0.25, 0.3) is 5.56 Å². The van der Waals surface area contributed by atoms with Crippen molar-refractivity contribution >= 4 is 17.3 Å². The number of hydrogen-bond acceptors (Lipinski definition) is 6. The van der Waals surface area contributed by atoms with Gasteiger partial charge in [-0.1, -0.05) is 13.3 Å². The Labute approximate surface area is 174 Å². The highest BCUT2D eigenvalue weighted by molar-refractivity contribution is 5.93. The van der Waals surface area contributed by atoms with Gasteiger partial charge in [-0.2, -0.15) is 4.89 Å². The van der Waals surface area contributed by atoms with E-state index in [2.05, 4.69) is 18.3 Å². The molecule has 0 spiro atoms. The summed E-state index contributed by atoms with van der Waals surface area (Å²) in [6.07, 6.45) is 9.95. The summed E-state index contributed by atoms with van der Waals surface area (Å²) in [5, 5.41) is 3.42. The molecule has 156 valence electrons. The first-order chi connectivity index (χ1) is 14.7. The molecule has 2 aliphatic carbocycles. The van der Waals surface area contributed by atoms with Gasteiger partial charge in [0.15, 0.2) is 11.5 Å². The van der Waals surface area contributed by atoms with Gasteiger partial charge in [0.05, 0.1) is 25.6 Å². The fraction of sp³-hybridized carbons (Fsp3) is 0.348. The van der Waals surface area contributed by atoms with Gasteiger partial charge in [-0.15, -0.1) is 0 Å². The number of rotatable bonds is 5. The summed E-state index contributed by atoms with van der Waals surface area (Å²) >= 11 is 0. The summed E-state index contributed by atoms with van der Waals surface area (Å²) < 4.78 is 13.0. The van der Waals surface area contributed by atoms with E-state index in [9.17, 15) is 4.79 Å². The molecule has 3 heterocycles. The Balaban J connectivity index is 1.76. The molecular formula is C23H24N2O5. The first-order valence-electron chi connectivity index (χ1n) is 10.2. The summed E-state index contributed by atoms with van der Waals surface area (Å²) in [7, 11) is 3.26. The van der Waals surface area contributed by atoms with E-state index < -0.39 is 0 Å².